The van der Waals surface area contributed by atoms with E-state index in [1.165, 1.54) is 16.9 Å². The second-order valence-electron chi connectivity index (χ2n) is 13.1. The highest BCUT2D eigenvalue weighted by Gasteiger charge is 2.24. The molecule has 0 aliphatic carbocycles. The lowest BCUT2D eigenvalue weighted by atomic mass is 10.0. The van der Waals surface area contributed by atoms with Gasteiger partial charge in [0.05, 0.1) is 11.0 Å². The summed E-state index contributed by atoms with van der Waals surface area (Å²) in [7, 11) is 2.14. The lowest BCUT2D eigenvalue weighted by Crippen LogP contribution is -2.44. The molecule has 2 N–H and O–H groups in total. The van der Waals surface area contributed by atoms with E-state index < -0.39 is 6.04 Å². The monoisotopic (exact) mass is 629 g/mol. The Kier molecular flexibility index (Phi) is 12.4. The minimum Gasteiger partial charge on any atom is -0.340 e. The maximum absolute atomic E-state index is 13.5. The summed E-state index contributed by atoms with van der Waals surface area (Å²) in [6.45, 7) is 14.9. The Hall–Kier alpha value is -3.49. The molecule has 0 aliphatic heterocycles. The molecule has 0 saturated heterocycles. The molecule has 2 heterocycles. The molecule has 4 rings (SSSR count). The number of carbonyl (C=O) groups is 2. The molecular weight excluding hydrogens is 579 g/mol. The number of aromatic nitrogens is 2. The summed E-state index contributed by atoms with van der Waals surface area (Å²) < 4.78 is 2.35. The Bertz CT molecular complexity index is 1520. The van der Waals surface area contributed by atoms with Crippen LogP contribution in [0.25, 0.3) is 11.0 Å². The molecule has 2 aromatic heterocycles. The van der Waals surface area contributed by atoms with Crippen LogP contribution in [0.4, 0.5) is 5.69 Å². The molecule has 45 heavy (non-hydrogen) atoms. The first-order valence-electron chi connectivity index (χ1n) is 16.5. The number of thiophene rings is 1. The average molecular weight is 630 g/mol. The van der Waals surface area contributed by atoms with Crippen molar-refractivity contribution in [2.24, 2.45) is 11.8 Å². The zero-order valence-corrected chi connectivity index (χ0v) is 28.9. The van der Waals surface area contributed by atoms with Crippen molar-refractivity contribution in [2.45, 2.75) is 92.3 Å². The molecule has 0 fully saturated rings. The highest BCUT2D eigenvalue weighted by Crippen LogP contribution is 2.28. The number of anilines is 1. The van der Waals surface area contributed by atoms with Crippen molar-refractivity contribution in [3.8, 4) is 0 Å². The summed E-state index contributed by atoms with van der Waals surface area (Å²) in [5, 5.41) is 8.14. The quantitative estimate of drug-likeness (QED) is 0.131. The Morgan fingerprint density at radius 1 is 0.978 bits per heavy atom. The summed E-state index contributed by atoms with van der Waals surface area (Å²) >= 11 is 1.73. The summed E-state index contributed by atoms with van der Waals surface area (Å²) in [4.78, 5) is 35.6. The van der Waals surface area contributed by atoms with Crippen molar-refractivity contribution in [1.29, 1.82) is 0 Å². The summed E-state index contributed by atoms with van der Waals surface area (Å²) in [5.74, 6) is 1.44. The Labute approximate surface area is 273 Å². The number of amides is 2. The molecule has 8 heteroatoms. The lowest BCUT2D eigenvalue weighted by molar-refractivity contribution is -0.118. The van der Waals surface area contributed by atoms with Gasteiger partial charge in [0.15, 0.2) is 0 Å². The first-order valence-corrected chi connectivity index (χ1v) is 17.4. The first-order chi connectivity index (χ1) is 21.6. The molecule has 0 radical (unpaired) electrons. The van der Waals surface area contributed by atoms with Gasteiger partial charge in [0.2, 0.25) is 5.91 Å². The van der Waals surface area contributed by atoms with Crippen LogP contribution < -0.4 is 10.6 Å². The molecule has 2 amide bonds. The van der Waals surface area contributed by atoms with Crippen molar-refractivity contribution in [1.82, 2.24) is 19.8 Å². The molecule has 4 aromatic rings. The number of rotatable bonds is 16. The fourth-order valence-corrected chi connectivity index (χ4v) is 6.48. The van der Waals surface area contributed by atoms with E-state index in [9.17, 15) is 9.59 Å². The van der Waals surface area contributed by atoms with Gasteiger partial charge in [-0.1, -0.05) is 59.7 Å². The third kappa shape index (κ3) is 9.50. The van der Waals surface area contributed by atoms with Crippen LogP contribution in [0.5, 0.6) is 0 Å². The fraction of sp³-hybridized carbons (Fsp3) is 0.486. The van der Waals surface area contributed by atoms with E-state index in [1.54, 1.807) is 11.3 Å². The predicted molar refractivity (Wildman–Crippen MR) is 188 cm³/mol. The smallest absolute Gasteiger partial charge is 0.252 e. The molecular formula is C37H51N5O2S. The van der Waals surface area contributed by atoms with Gasteiger partial charge in [-0.3, -0.25) is 9.59 Å². The topological polar surface area (TPSA) is 79.3 Å². The Morgan fingerprint density at radius 2 is 1.71 bits per heavy atom. The number of imidazole rings is 1. The number of fused-ring (bicyclic) bond motifs is 1. The third-order valence-electron chi connectivity index (χ3n) is 8.34. The molecule has 1 atom stereocenters. The van der Waals surface area contributed by atoms with Gasteiger partial charge >= 0.3 is 0 Å². The Morgan fingerprint density at radius 3 is 2.33 bits per heavy atom. The number of nitrogens with zero attached hydrogens (tertiary/aromatic N) is 3. The van der Waals surface area contributed by atoms with Crippen LogP contribution >= 0.6 is 11.3 Å². The second-order valence-corrected chi connectivity index (χ2v) is 14.1. The average Bonchev–Trinajstić information content (AvgIpc) is 3.65. The number of hydrogen-bond donors (Lipinski definition) is 2. The van der Waals surface area contributed by atoms with E-state index in [-0.39, 0.29) is 17.7 Å². The van der Waals surface area contributed by atoms with Crippen molar-refractivity contribution in [2.75, 3.05) is 18.9 Å². The normalized spacial score (nSPS) is 12.5. The third-order valence-corrected chi connectivity index (χ3v) is 9.21. The van der Waals surface area contributed by atoms with Crippen LogP contribution in [-0.2, 0) is 17.8 Å². The lowest BCUT2D eigenvalue weighted by Gasteiger charge is -2.21. The standard InChI is InChI=1S/C37H51N5O2S/c1-8-30(9-2)42-34-17-14-28(22-32(34)39-35(42)23-31-11-10-20-45-31)36(43)40-33(21-26(5)6)37(44)38-29-15-12-27(13-16-29)24-41(7)19-18-25(3)4/h10-17,20,22,25-26,30,33H,8-9,18-19,21,23-24H2,1-7H3,(H,38,44)(H,40,43)/t33-/m0/s1. The van der Waals surface area contributed by atoms with Crippen molar-refractivity contribution in [3.63, 3.8) is 0 Å². The minimum absolute atomic E-state index is 0.212. The number of carbonyl (C=O) groups excluding carboxylic acids is 2. The van der Waals surface area contributed by atoms with Gasteiger partial charge in [-0.2, -0.15) is 0 Å². The summed E-state index contributed by atoms with van der Waals surface area (Å²) in [6, 6.07) is 17.6. The van der Waals surface area contributed by atoms with E-state index in [0.717, 1.165) is 54.9 Å². The fourth-order valence-electron chi connectivity index (χ4n) is 5.78. The van der Waals surface area contributed by atoms with E-state index in [4.69, 9.17) is 4.98 Å². The van der Waals surface area contributed by atoms with E-state index >= 15 is 0 Å². The van der Waals surface area contributed by atoms with Gasteiger partial charge in [-0.05, 0) is 98.5 Å². The van der Waals surface area contributed by atoms with Gasteiger partial charge in [0, 0.05) is 35.1 Å². The van der Waals surface area contributed by atoms with E-state index in [1.807, 2.05) is 30.3 Å². The number of hydrogen-bond acceptors (Lipinski definition) is 5. The second kappa shape index (κ2) is 16.2. The van der Waals surface area contributed by atoms with Crippen LogP contribution in [0.3, 0.4) is 0 Å². The van der Waals surface area contributed by atoms with Gasteiger partial charge < -0.3 is 20.1 Å². The SMILES string of the molecule is CCC(CC)n1c(Cc2cccs2)nc2cc(C(=O)N[C@@H](CC(C)C)C(=O)Nc3ccc(CN(C)CCC(C)C)cc3)ccc21. The molecule has 0 bridgehead atoms. The molecule has 2 aromatic carbocycles. The van der Waals surface area contributed by atoms with Crippen LogP contribution in [0, 0.1) is 11.8 Å². The van der Waals surface area contributed by atoms with Crippen LogP contribution in [-0.4, -0.2) is 45.9 Å². The van der Waals surface area contributed by atoms with Crippen LogP contribution in [0.2, 0.25) is 0 Å². The zero-order valence-electron chi connectivity index (χ0n) is 28.1. The maximum Gasteiger partial charge on any atom is 0.252 e. The van der Waals surface area contributed by atoms with Crippen molar-refractivity contribution in [3.05, 3.63) is 81.8 Å². The summed E-state index contributed by atoms with van der Waals surface area (Å²) in [5.41, 5.74) is 4.28. The van der Waals surface area contributed by atoms with E-state index in [2.05, 4.69) is 98.3 Å². The zero-order chi connectivity index (χ0) is 32.5. The van der Waals surface area contributed by atoms with Crippen LogP contribution in [0.15, 0.2) is 60.0 Å². The van der Waals surface area contributed by atoms with Gasteiger partial charge in [0.1, 0.15) is 11.9 Å². The number of benzene rings is 2. The van der Waals surface area contributed by atoms with Gasteiger partial charge in [-0.25, -0.2) is 4.98 Å². The first kappa shape index (κ1) is 34.4. The predicted octanol–water partition coefficient (Wildman–Crippen LogP) is 8.31. The van der Waals surface area contributed by atoms with Gasteiger partial charge in [0.25, 0.3) is 5.91 Å². The molecule has 242 valence electrons. The Balaban J connectivity index is 1.48. The maximum atomic E-state index is 13.5. The molecule has 0 spiro atoms. The summed E-state index contributed by atoms with van der Waals surface area (Å²) in [6.07, 6.45) is 4.47. The van der Waals surface area contributed by atoms with Gasteiger partial charge in [-0.15, -0.1) is 11.3 Å². The van der Waals surface area contributed by atoms with Crippen LogP contribution in [0.1, 0.15) is 99.9 Å². The highest BCUT2D eigenvalue weighted by atomic mass is 32.1. The number of nitrogens with one attached hydrogen (secondary N) is 2. The van der Waals surface area contributed by atoms with E-state index in [0.29, 0.717) is 23.9 Å². The largest absolute Gasteiger partial charge is 0.340 e. The molecule has 7 nitrogen and oxygen atoms in total. The highest BCUT2D eigenvalue weighted by molar-refractivity contribution is 7.09. The minimum atomic E-state index is -0.661. The van der Waals surface area contributed by atoms with Crippen molar-refractivity contribution < 1.29 is 9.59 Å². The molecule has 0 unspecified atom stereocenters. The molecule has 0 saturated carbocycles. The van der Waals surface area contributed by atoms with Crippen molar-refractivity contribution >= 4 is 39.9 Å². The molecule has 0 aliphatic rings.